The van der Waals surface area contributed by atoms with Crippen LogP contribution in [-0.2, 0) is 39.0 Å². The molecule has 1 aromatic heterocycles. The number of piperidine rings is 2. The Labute approximate surface area is 354 Å². The van der Waals surface area contributed by atoms with Gasteiger partial charge in [0, 0.05) is 71.0 Å². The van der Waals surface area contributed by atoms with Crippen molar-refractivity contribution in [2.45, 2.75) is 91.7 Å². The fraction of sp³-hybridized carbons (Fsp3) is 0.622. The monoisotopic (exact) mass is 834 g/mol. The first kappa shape index (κ1) is 46.2. The molecule has 5 heterocycles. The van der Waals surface area contributed by atoms with E-state index in [2.05, 4.69) is 29.0 Å². The average Bonchev–Trinajstić information content (AvgIpc) is 3.40. The molecule has 0 spiro atoms. The van der Waals surface area contributed by atoms with Crippen LogP contribution < -0.4 is 11.1 Å². The Balaban J connectivity index is 0.000000362. The lowest BCUT2D eigenvalue weighted by atomic mass is 9.99. The van der Waals surface area contributed by atoms with Crippen LogP contribution in [0.5, 0.6) is 0 Å². The number of carbonyl (C=O) groups excluding carboxylic acids is 4. The summed E-state index contributed by atoms with van der Waals surface area (Å²) in [5.74, 6) is 0.0760. The van der Waals surface area contributed by atoms with Crippen molar-refractivity contribution in [3.8, 4) is 0 Å². The number of nitrogens with zero attached hydrogens (tertiary/aromatic N) is 6. The number of rotatable bonds is 10. The van der Waals surface area contributed by atoms with Crippen molar-refractivity contribution >= 4 is 40.8 Å². The molecule has 1 N–H and O–H groups in total. The topological polar surface area (TPSA) is 150 Å². The zero-order chi connectivity index (χ0) is 42.1. The lowest BCUT2D eigenvalue weighted by Gasteiger charge is -2.38. The predicted molar refractivity (Wildman–Crippen MR) is 232 cm³/mol. The van der Waals surface area contributed by atoms with Crippen LogP contribution in [0.1, 0.15) is 76.5 Å². The molecule has 15 nitrogen and oxygen atoms in total. The number of anilines is 1. The van der Waals surface area contributed by atoms with Gasteiger partial charge in [0.2, 0.25) is 0 Å². The van der Waals surface area contributed by atoms with Crippen molar-refractivity contribution in [3.63, 3.8) is 0 Å². The van der Waals surface area contributed by atoms with Crippen molar-refractivity contribution in [1.29, 1.82) is 0 Å². The van der Waals surface area contributed by atoms with E-state index < -0.39 is 18.0 Å². The first-order valence-corrected chi connectivity index (χ1v) is 21.5. The van der Waals surface area contributed by atoms with Gasteiger partial charge in [0.1, 0.15) is 0 Å². The number of amides is 4. The molecule has 4 aliphatic rings. The highest BCUT2D eigenvalue weighted by atomic mass is 16.6. The van der Waals surface area contributed by atoms with Gasteiger partial charge in [0.25, 0.3) is 5.91 Å². The second-order valence-electron chi connectivity index (χ2n) is 16.7. The Kier molecular flexibility index (Phi) is 16.6. The molecule has 60 heavy (non-hydrogen) atoms. The summed E-state index contributed by atoms with van der Waals surface area (Å²) in [6.45, 7) is 13.5. The van der Waals surface area contributed by atoms with Crippen molar-refractivity contribution in [2.75, 3.05) is 84.4 Å². The first-order chi connectivity index (χ1) is 28.4. The van der Waals surface area contributed by atoms with Gasteiger partial charge in [-0.25, -0.2) is 14.4 Å². The quantitative estimate of drug-likeness (QED) is 0.205. The third-order valence-electron chi connectivity index (χ3n) is 12.2. The molecule has 7 rings (SSSR count). The Hall–Kier alpha value is -4.89. The van der Waals surface area contributed by atoms with E-state index in [9.17, 15) is 24.0 Å². The summed E-state index contributed by atoms with van der Waals surface area (Å²) in [6, 6.07) is 11.4. The van der Waals surface area contributed by atoms with Crippen LogP contribution in [0.2, 0.25) is 0 Å². The summed E-state index contributed by atoms with van der Waals surface area (Å²) in [7, 11) is 3.67. The summed E-state index contributed by atoms with van der Waals surface area (Å²) in [5, 5.41) is 3.03. The predicted octanol–water partition coefficient (Wildman–Crippen LogP) is 5.51. The van der Waals surface area contributed by atoms with Crippen LogP contribution in [0.4, 0.5) is 15.3 Å². The number of unbranched alkanes of at least 4 members (excludes halogenated alkanes) is 1. The van der Waals surface area contributed by atoms with E-state index in [1.54, 1.807) is 22.9 Å². The number of nitrogens with one attached hydrogen (secondary N) is 1. The number of urea groups is 1. The van der Waals surface area contributed by atoms with Crippen molar-refractivity contribution < 1.29 is 33.1 Å². The van der Waals surface area contributed by atoms with E-state index in [1.165, 1.54) is 17.4 Å². The van der Waals surface area contributed by atoms with E-state index in [0.29, 0.717) is 69.8 Å². The Morgan fingerprint density at radius 2 is 1.60 bits per heavy atom. The van der Waals surface area contributed by atoms with E-state index in [-0.39, 0.29) is 37.8 Å². The fourth-order valence-corrected chi connectivity index (χ4v) is 8.40. The highest BCUT2D eigenvalue weighted by Crippen LogP contribution is 2.26. The molecule has 0 bridgehead atoms. The number of esters is 1. The van der Waals surface area contributed by atoms with Gasteiger partial charge in [-0.05, 0) is 100 Å². The van der Waals surface area contributed by atoms with Crippen LogP contribution >= 0.6 is 0 Å². The highest BCUT2D eigenvalue weighted by molar-refractivity contribution is 5.91. The number of likely N-dealkylation sites (tertiary alicyclic amines) is 2. The first-order valence-electron chi connectivity index (χ1n) is 21.5. The molecule has 330 valence electrons. The Bertz CT molecular complexity index is 1970. The number of piperazine rings is 1. The molecule has 2 aromatic carbocycles. The second kappa shape index (κ2) is 21.6. The van der Waals surface area contributed by atoms with Gasteiger partial charge in [-0.3, -0.25) is 19.1 Å². The average molecular weight is 834 g/mol. The number of fused-ring (bicyclic) bond motifs is 2. The number of carbonyl (C=O) groups is 4. The van der Waals surface area contributed by atoms with Crippen LogP contribution in [0.25, 0.3) is 11.1 Å². The Morgan fingerprint density at radius 1 is 0.900 bits per heavy atom. The number of benzene rings is 2. The Morgan fingerprint density at radius 3 is 2.30 bits per heavy atom. The second-order valence-corrected chi connectivity index (χ2v) is 16.7. The van der Waals surface area contributed by atoms with Gasteiger partial charge in [0.15, 0.2) is 11.7 Å². The molecule has 0 radical (unpaired) electrons. The summed E-state index contributed by atoms with van der Waals surface area (Å²) < 4.78 is 18.0. The molecule has 15 heteroatoms. The third-order valence-corrected chi connectivity index (χ3v) is 12.2. The summed E-state index contributed by atoms with van der Waals surface area (Å²) in [4.78, 5) is 73.4. The number of aryl methyl sites for hydroxylation is 2. The SMILES string of the molecule is C.CCCCOC(=O)CN1CCC(C)CC1.Cc1cc(C[C@@H](OC(=O)N2CCC(N3CCc4ccccc4NC3=O)CC2)C(=O)N2CCN(C)CC2)cc2oc(=O)n(C)c12. The van der Waals surface area contributed by atoms with Gasteiger partial charge < -0.3 is 38.8 Å². The number of likely N-dealkylation sites (N-methyl/N-ethyl adjacent to an activating group) is 1. The molecule has 3 aromatic rings. The molecule has 1 atom stereocenters. The van der Waals surface area contributed by atoms with Crippen LogP contribution in [0.3, 0.4) is 0 Å². The molecule has 3 fully saturated rings. The molecular weight excluding hydrogens is 767 g/mol. The lowest BCUT2D eigenvalue weighted by Crippen LogP contribution is -2.53. The van der Waals surface area contributed by atoms with E-state index in [1.807, 2.05) is 49.2 Å². The lowest BCUT2D eigenvalue weighted by molar-refractivity contribution is -0.145. The summed E-state index contributed by atoms with van der Waals surface area (Å²) in [5.41, 5.74) is 4.68. The molecule has 0 aliphatic carbocycles. The molecular formula is C45H67N7O8. The standard InChI is InChI=1S/C32H40N6O6.C12H23NO2.CH4/c1-21-18-22(19-26-28(21)35(3)31(41)43-26)20-27(29(39)36-16-14-34(2)15-17-36)44-32(42)37-11-9-24(10-12-37)38-13-8-23-6-4-5-7-25(23)33-30(38)40;1-3-4-9-15-12(14)10-13-7-5-11(2)6-8-13;/h4-7,18-19,24,27H,8-17,20H2,1-3H3,(H,33,40);11H,3-10H2,1-2H3;1H4/t27-;;/m1../s1. The van der Waals surface area contributed by atoms with E-state index >= 15 is 0 Å². The highest BCUT2D eigenvalue weighted by Gasteiger charge is 2.35. The maximum absolute atomic E-state index is 13.7. The van der Waals surface area contributed by atoms with Gasteiger partial charge in [-0.1, -0.05) is 52.0 Å². The van der Waals surface area contributed by atoms with E-state index in [4.69, 9.17) is 13.9 Å². The number of hydrogen-bond donors (Lipinski definition) is 1. The fourth-order valence-electron chi connectivity index (χ4n) is 8.40. The number of aromatic nitrogens is 1. The molecule has 0 saturated carbocycles. The number of para-hydroxylation sites is 1. The van der Waals surface area contributed by atoms with Crippen LogP contribution in [0, 0.1) is 12.8 Å². The minimum Gasteiger partial charge on any atom is -0.465 e. The number of ether oxygens (including phenoxy) is 2. The smallest absolute Gasteiger partial charge is 0.419 e. The molecule has 4 amide bonds. The zero-order valence-electron chi connectivity index (χ0n) is 35.6. The largest absolute Gasteiger partial charge is 0.465 e. The molecule has 0 unspecified atom stereocenters. The van der Waals surface area contributed by atoms with Crippen LogP contribution in [-0.4, -0.2) is 144 Å². The molecule has 3 saturated heterocycles. The van der Waals surface area contributed by atoms with Crippen LogP contribution in [0.15, 0.2) is 45.6 Å². The normalized spacial score (nSPS) is 18.7. The number of oxazole rings is 1. The van der Waals surface area contributed by atoms with Gasteiger partial charge >= 0.3 is 23.8 Å². The van der Waals surface area contributed by atoms with Gasteiger partial charge in [-0.15, -0.1) is 0 Å². The summed E-state index contributed by atoms with van der Waals surface area (Å²) >= 11 is 0. The van der Waals surface area contributed by atoms with Crippen molar-refractivity contribution in [2.24, 2.45) is 13.0 Å². The number of hydrogen-bond acceptors (Lipinski definition) is 10. The van der Waals surface area contributed by atoms with Gasteiger partial charge in [-0.2, -0.15) is 0 Å². The van der Waals surface area contributed by atoms with Gasteiger partial charge in [0.05, 0.1) is 18.7 Å². The van der Waals surface area contributed by atoms with E-state index in [0.717, 1.165) is 73.7 Å². The van der Waals surface area contributed by atoms with Crippen molar-refractivity contribution in [1.82, 2.24) is 29.1 Å². The third kappa shape index (κ3) is 11.9. The maximum Gasteiger partial charge on any atom is 0.419 e. The van der Waals surface area contributed by atoms with Crippen molar-refractivity contribution in [3.05, 3.63) is 63.6 Å². The zero-order valence-corrected chi connectivity index (χ0v) is 35.6. The summed E-state index contributed by atoms with van der Waals surface area (Å²) in [6.07, 6.45) is 5.10. The minimum atomic E-state index is -1.02. The minimum absolute atomic E-state index is 0. The maximum atomic E-state index is 13.7. The molecule has 4 aliphatic heterocycles.